The first kappa shape index (κ1) is 56.8. The molecule has 58 heavy (non-hydrogen) atoms. The summed E-state index contributed by atoms with van der Waals surface area (Å²) in [5.74, 6) is -0.827. The van der Waals surface area contributed by atoms with Crippen molar-refractivity contribution in [1.82, 2.24) is 0 Å². The van der Waals surface area contributed by atoms with E-state index in [0.29, 0.717) is 6.42 Å². The number of phosphoric ester groups is 1. The second kappa shape index (κ2) is 45.3. The van der Waals surface area contributed by atoms with Gasteiger partial charge in [-0.25, -0.2) is 4.57 Å². The van der Waals surface area contributed by atoms with Gasteiger partial charge in [-0.3, -0.25) is 18.6 Å². The minimum atomic E-state index is -4.37. The van der Waals surface area contributed by atoms with Crippen LogP contribution in [0, 0.1) is 0 Å². The zero-order valence-electron chi connectivity index (χ0n) is 38.1. The van der Waals surface area contributed by atoms with Crippen molar-refractivity contribution in [3.63, 3.8) is 0 Å². The van der Waals surface area contributed by atoms with Gasteiger partial charge in [0.05, 0.1) is 13.2 Å². The van der Waals surface area contributed by atoms with Crippen LogP contribution in [0.15, 0.2) is 12.2 Å². The van der Waals surface area contributed by atoms with Crippen LogP contribution >= 0.6 is 7.82 Å². The van der Waals surface area contributed by atoms with Crippen molar-refractivity contribution < 1.29 is 37.6 Å². The quantitative estimate of drug-likeness (QED) is 0.0266. The third-order valence-electron chi connectivity index (χ3n) is 10.9. The largest absolute Gasteiger partial charge is 0.472 e. The predicted octanol–water partition coefficient (Wildman–Crippen LogP) is 14.6. The van der Waals surface area contributed by atoms with Crippen LogP contribution < -0.4 is 5.73 Å². The van der Waals surface area contributed by atoms with Crippen molar-refractivity contribution in [3.05, 3.63) is 12.2 Å². The molecule has 0 amide bonds. The lowest BCUT2D eigenvalue weighted by Gasteiger charge is -2.19. The van der Waals surface area contributed by atoms with Gasteiger partial charge in [0.1, 0.15) is 6.61 Å². The lowest BCUT2D eigenvalue weighted by molar-refractivity contribution is -0.161. The Morgan fingerprint density at radius 2 is 0.862 bits per heavy atom. The van der Waals surface area contributed by atoms with Gasteiger partial charge < -0.3 is 20.1 Å². The van der Waals surface area contributed by atoms with Gasteiger partial charge in [-0.05, 0) is 32.1 Å². The first-order valence-electron chi connectivity index (χ1n) is 24.7. The number of allylic oxidation sites excluding steroid dienone is 2. The van der Waals surface area contributed by atoms with Crippen LogP contribution in [0.4, 0.5) is 0 Å². The number of phosphoric acid groups is 1. The van der Waals surface area contributed by atoms with Crippen LogP contribution in [0.5, 0.6) is 0 Å². The Morgan fingerprint density at radius 1 is 0.500 bits per heavy atom. The minimum absolute atomic E-state index is 0.0548. The Hall–Kier alpha value is -1.25. The molecular weight excluding hydrogens is 750 g/mol. The molecule has 0 aliphatic rings. The maximum atomic E-state index is 12.5. The third kappa shape index (κ3) is 44.3. The Labute approximate surface area is 358 Å². The molecule has 0 aliphatic heterocycles. The van der Waals surface area contributed by atoms with Crippen molar-refractivity contribution in [2.24, 2.45) is 5.73 Å². The molecule has 0 saturated carbocycles. The van der Waals surface area contributed by atoms with E-state index in [4.69, 9.17) is 24.3 Å². The molecule has 0 fully saturated rings. The summed E-state index contributed by atoms with van der Waals surface area (Å²) in [6, 6.07) is 0. The molecule has 0 saturated heterocycles. The highest BCUT2D eigenvalue weighted by Crippen LogP contribution is 2.43. The van der Waals surface area contributed by atoms with Gasteiger partial charge in [0, 0.05) is 19.4 Å². The van der Waals surface area contributed by atoms with Crippen LogP contribution in [-0.2, 0) is 32.7 Å². The van der Waals surface area contributed by atoms with E-state index in [9.17, 15) is 19.0 Å². The van der Waals surface area contributed by atoms with E-state index in [-0.39, 0.29) is 38.6 Å². The maximum Gasteiger partial charge on any atom is 0.472 e. The van der Waals surface area contributed by atoms with Crippen molar-refractivity contribution in [1.29, 1.82) is 0 Å². The molecule has 344 valence electrons. The molecule has 0 heterocycles. The van der Waals surface area contributed by atoms with Gasteiger partial charge in [-0.2, -0.15) is 0 Å². The topological polar surface area (TPSA) is 134 Å². The number of esters is 2. The lowest BCUT2D eigenvalue weighted by Crippen LogP contribution is -2.29. The van der Waals surface area contributed by atoms with Gasteiger partial charge in [-0.15, -0.1) is 0 Å². The summed E-state index contributed by atoms with van der Waals surface area (Å²) in [6.07, 6.45) is 48.4. The molecule has 2 unspecified atom stereocenters. The SMILES string of the molecule is CCCC/C=C\CCCCCCCC(=O)OC(COC(=O)CCCCCCCCCCCCCCCCCCCCCCCCCCCC)COP(=O)(O)OCCN. The monoisotopic (exact) mass is 844 g/mol. The highest BCUT2D eigenvalue weighted by atomic mass is 31.2. The third-order valence-corrected chi connectivity index (χ3v) is 11.9. The summed E-state index contributed by atoms with van der Waals surface area (Å²) in [4.78, 5) is 34.9. The Bertz CT molecular complexity index is 964. The number of rotatable bonds is 47. The molecule has 0 aromatic rings. The summed E-state index contributed by atoms with van der Waals surface area (Å²) in [7, 11) is -4.37. The van der Waals surface area contributed by atoms with Gasteiger partial charge in [-0.1, -0.05) is 219 Å². The van der Waals surface area contributed by atoms with E-state index in [1.807, 2.05) is 0 Å². The standard InChI is InChI=1S/C48H94NO8P/c1-3-5-7-9-11-13-15-16-17-18-19-20-21-22-23-24-25-26-27-28-29-31-32-34-36-38-40-47(50)54-44-46(45-56-58(52,53)55-43-42-49)57-48(51)41-39-37-35-33-30-14-12-10-8-6-4-2/h10,12,46H,3-9,11,13-45,49H2,1-2H3,(H,52,53)/b12-10-. The molecule has 0 spiro atoms. The number of hydrogen-bond donors (Lipinski definition) is 2. The van der Waals surface area contributed by atoms with Crippen molar-refractivity contribution in [2.75, 3.05) is 26.4 Å². The summed E-state index contributed by atoms with van der Waals surface area (Å²) in [5.41, 5.74) is 5.35. The fourth-order valence-corrected chi connectivity index (χ4v) is 7.97. The Balaban J connectivity index is 3.88. The molecule has 0 aromatic carbocycles. The molecule has 3 N–H and O–H groups in total. The fourth-order valence-electron chi connectivity index (χ4n) is 7.21. The average Bonchev–Trinajstić information content (AvgIpc) is 3.21. The second-order valence-corrected chi connectivity index (χ2v) is 18.1. The van der Waals surface area contributed by atoms with Crippen molar-refractivity contribution >= 4 is 19.8 Å². The molecule has 0 rings (SSSR count). The predicted molar refractivity (Wildman–Crippen MR) is 243 cm³/mol. The van der Waals surface area contributed by atoms with Gasteiger partial charge >= 0.3 is 19.8 Å². The number of ether oxygens (including phenoxy) is 2. The summed E-state index contributed by atoms with van der Waals surface area (Å²) < 4.78 is 32.8. The molecule has 9 nitrogen and oxygen atoms in total. The van der Waals surface area contributed by atoms with E-state index >= 15 is 0 Å². The molecule has 10 heteroatoms. The van der Waals surface area contributed by atoms with E-state index in [1.54, 1.807) is 0 Å². The number of hydrogen-bond acceptors (Lipinski definition) is 8. The van der Waals surface area contributed by atoms with Crippen LogP contribution in [0.2, 0.25) is 0 Å². The normalized spacial score (nSPS) is 13.2. The highest BCUT2D eigenvalue weighted by Gasteiger charge is 2.26. The molecule has 0 radical (unpaired) electrons. The van der Waals surface area contributed by atoms with Crippen molar-refractivity contribution in [3.8, 4) is 0 Å². The second-order valence-electron chi connectivity index (χ2n) is 16.7. The first-order valence-corrected chi connectivity index (χ1v) is 26.2. The molecule has 0 aliphatic carbocycles. The molecule has 2 atom stereocenters. The van der Waals surface area contributed by atoms with E-state index in [0.717, 1.165) is 57.8 Å². The minimum Gasteiger partial charge on any atom is -0.462 e. The highest BCUT2D eigenvalue weighted by molar-refractivity contribution is 7.47. The fraction of sp³-hybridized carbons (Fsp3) is 0.917. The van der Waals surface area contributed by atoms with Crippen molar-refractivity contribution in [2.45, 2.75) is 258 Å². The number of carbonyl (C=O) groups excluding carboxylic acids is 2. The molecule has 0 bridgehead atoms. The lowest BCUT2D eigenvalue weighted by atomic mass is 10.0. The van der Waals surface area contributed by atoms with Crippen LogP contribution in [-0.4, -0.2) is 49.3 Å². The molecular formula is C48H94NO8P. The number of unbranched alkanes of at least 4 members (excludes halogenated alkanes) is 32. The zero-order chi connectivity index (χ0) is 42.5. The van der Waals surface area contributed by atoms with Crippen LogP contribution in [0.25, 0.3) is 0 Å². The van der Waals surface area contributed by atoms with E-state index < -0.39 is 26.5 Å². The zero-order valence-corrected chi connectivity index (χ0v) is 38.9. The number of carbonyl (C=O) groups is 2. The summed E-state index contributed by atoms with van der Waals surface area (Å²) in [6.45, 7) is 3.72. The van der Waals surface area contributed by atoms with Crippen LogP contribution in [0.1, 0.15) is 251 Å². The maximum absolute atomic E-state index is 12.5. The van der Waals surface area contributed by atoms with Crippen LogP contribution in [0.3, 0.4) is 0 Å². The number of nitrogens with two attached hydrogens (primary N) is 1. The Kier molecular flexibility index (Phi) is 44.3. The van der Waals surface area contributed by atoms with Gasteiger partial charge in [0.25, 0.3) is 0 Å². The van der Waals surface area contributed by atoms with Gasteiger partial charge in [0.2, 0.25) is 0 Å². The van der Waals surface area contributed by atoms with Gasteiger partial charge in [0.15, 0.2) is 6.10 Å². The smallest absolute Gasteiger partial charge is 0.462 e. The molecule has 0 aromatic heterocycles. The average molecular weight is 844 g/mol. The first-order chi connectivity index (χ1) is 28.3. The summed E-state index contributed by atoms with van der Waals surface area (Å²) in [5, 5.41) is 0. The van der Waals surface area contributed by atoms with E-state index in [2.05, 4.69) is 26.0 Å². The Morgan fingerprint density at radius 3 is 1.28 bits per heavy atom. The summed E-state index contributed by atoms with van der Waals surface area (Å²) >= 11 is 0. The van der Waals surface area contributed by atoms with E-state index in [1.165, 1.54) is 161 Å².